The maximum atomic E-state index is 12.5. The number of carboxylic acid groups (broad SMARTS) is 1. The second-order valence-corrected chi connectivity index (χ2v) is 6.73. The van der Waals surface area contributed by atoms with E-state index in [0.29, 0.717) is 23.6 Å². The van der Waals surface area contributed by atoms with Gasteiger partial charge in [0.05, 0.1) is 11.8 Å². The zero-order chi connectivity index (χ0) is 17.8. The SMILES string of the molecule is Cc1coc(CC(=O)O)c1C(=O)NCC1CCCc2ccccc2C1. The highest BCUT2D eigenvalue weighted by atomic mass is 16.4. The van der Waals surface area contributed by atoms with E-state index < -0.39 is 5.97 Å². The van der Waals surface area contributed by atoms with Gasteiger partial charge >= 0.3 is 5.97 Å². The van der Waals surface area contributed by atoms with Gasteiger partial charge in [0.1, 0.15) is 12.2 Å². The Labute approximate surface area is 147 Å². The zero-order valence-corrected chi connectivity index (χ0v) is 14.4. The number of benzene rings is 1. The van der Waals surface area contributed by atoms with Crippen molar-refractivity contribution in [3.8, 4) is 0 Å². The Bertz CT molecular complexity index is 778. The molecule has 5 nitrogen and oxygen atoms in total. The molecule has 1 atom stereocenters. The fraction of sp³-hybridized carbons (Fsp3) is 0.400. The molecule has 0 fully saturated rings. The minimum Gasteiger partial charge on any atom is -0.481 e. The molecule has 2 aromatic rings. The molecule has 2 N–H and O–H groups in total. The molecular weight excluding hydrogens is 318 g/mol. The van der Waals surface area contributed by atoms with Crippen molar-refractivity contribution in [1.82, 2.24) is 5.32 Å². The van der Waals surface area contributed by atoms with Gasteiger partial charge < -0.3 is 14.8 Å². The van der Waals surface area contributed by atoms with Crippen molar-refractivity contribution in [1.29, 1.82) is 0 Å². The molecule has 1 unspecified atom stereocenters. The van der Waals surface area contributed by atoms with Crippen LogP contribution >= 0.6 is 0 Å². The number of carbonyl (C=O) groups excluding carboxylic acids is 1. The molecule has 0 saturated heterocycles. The monoisotopic (exact) mass is 341 g/mol. The van der Waals surface area contributed by atoms with Crippen molar-refractivity contribution >= 4 is 11.9 Å². The lowest BCUT2D eigenvalue weighted by molar-refractivity contribution is -0.136. The molecule has 5 heteroatoms. The zero-order valence-electron chi connectivity index (χ0n) is 14.4. The maximum absolute atomic E-state index is 12.5. The van der Waals surface area contributed by atoms with E-state index in [1.165, 1.54) is 17.4 Å². The van der Waals surface area contributed by atoms with E-state index in [1.54, 1.807) is 6.92 Å². The molecule has 0 saturated carbocycles. The van der Waals surface area contributed by atoms with Crippen LogP contribution in [-0.4, -0.2) is 23.5 Å². The van der Waals surface area contributed by atoms with E-state index in [4.69, 9.17) is 9.52 Å². The summed E-state index contributed by atoms with van der Waals surface area (Å²) in [5.41, 5.74) is 3.80. The number of rotatable bonds is 5. The Kier molecular flexibility index (Phi) is 5.22. The van der Waals surface area contributed by atoms with Crippen LogP contribution in [0.2, 0.25) is 0 Å². The third-order valence-electron chi connectivity index (χ3n) is 4.83. The van der Waals surface area contributed by atoms with Crippen molar-refractivity contribution in [2.75, 3.05) is 6.54 Å². The molecule has 0 bridgehead atoms. The smallest absolute Gasteiger partial charge is 0.311 e. The van der Waals surface area contributed by atoms with Crippen LogP contribution in [0.15, 0.2) is 34.9 Å². The van der Waals surface area contributed by atoms with Crippen LogP contribution in [0.1, 0.15) is 45.7 Å². The summed E-state index contributed by atoms with van der Waals surface area (Å²) in [5, 5.41) is 11.9. The Hall–Kier alpha value is -2.56. The van der Waals surface area contributed by atoms with Crippen LogP contribution in [0.4, 0.5) is 0 Å². The van der Waals surface area contributed by atoms with E-state index in [0.717, 1.165) is 25.7 Å². The number of furan rings is 1. The molecule has 1 aliphatic carbocycles. The molecule has 0 radical (unpaired) electrons. The van der Waals surface area contributed by atoms with E-state index in [2.05, 4.69) is 29.6 Å². The standard InChI is InChI=1S/C20H23NO4/c1-13-12-25-17(10-18(22)23)19(13)20(24)21-11-14-5-4-8-15-6-2-3-7-16(15)9-14/h2-3,6-7,12,14H,4-5,8-11H2,1H3,(H,21,24)(H,22,23). The number of amides is 1. The number of aryl methyl sites for hydroxylation is 2. The highest BCUT2D eigenvalue weighted by molar-refractivity contribution is 5.97. The summed E-state index contributed by atoms with van der Waals surface area (Å²) in [6.07, 6.45) is 5.39. The molecule has 1 aromatic heterocycles. The van der Waals surface area contributed by atoms with Gasteiger partial charge in [-0.05, 0) is 49.7 Å². The molecule has 0 spiro atoms. The minimum atomic E-state index is -1.01. The van der Waals surface area contributed by atoms with Crippen LogP contribution in [-0.2, 0) is 24.1 Å². The predicted octanol–water partition coefficient (Wildman–Crippen LogP) is 3.14. The van der Waals surface area contributed by atoms with Gasteiger partial charge in [0, 0.05) is 12.1 Å². The number of hydrogen-bond donors (Lipinski definition) is 2. The van der Waals surface area contributed by atoms with Crippen LogP contribution in [0.25, 0.3) is 0 Å². The fourth-order valence-electron chi connectivity index (χ4n) is 3.56. The molecule has 1 aliphatic rings. The van der Waals surface area contributed by atoms with Crippen LogP contribution in [0.5, 0.6) is 0 Å². The predicted molar refractivity (Wildman–Crippen MR) is 93.7 cm³/mol. The minimum absolute atomic E-state index is 0.216. The van der Waals surface area contributed by atoms with Gasteiger partial charge in [-0.2, -0.15) is 0 Å². The average Bonchev–Trinajstić information content (AvgIpc) is 2.81. The van der Waals surface area contributed by atoms with Crippen molar-refractivity contribution in [3.05, 3.63) is 58.5 Å². The molecule has 3 rings (SSSR count). The summed E-state index contributed by atoms with van der Waals surface area (Å²) >= 11 is 0. The summed E-state index contributed by atoms with van der Waals surface area (Å²) in [5.74, 6) is -0.653. The Morgan fingerprint density at radius 3 is 2.80 bits per heavy atom. The lowest BCUT2D eigenvalue weighted by Crippen LogP contribution is -2.31. The lowest BCUT2D eigenvalue weighted by Gasteiger charge is -2.16. The molecular formula is C20H23NO4. The Morgan fingerprint density at radius 2 is 2.04 bits per heavy atom. The largest absolute Gasteiger partial charge is 0.481 e. The average molecular weight is 341 g/mol. The third-order valence-corrected chi connectivity index (χ3v) is 4.83. The molecule has 1 heterocycles. The number of aliphatic carboxylic acids is 1. The first kappa shape index (κ1) is 17.3. The van der Waals surface area contributed by atoms with Gasteiger partial charge in [0.2, 0.25) is 0 Å². The topological polar surface area (TPSA) is 79.5 Å². The molecule has 25 heavy (non-hydrogen) atoms. The van der Waals surface area contributed by atoms with Gasteiger partial charge in [0.15, 0.2) is 0 Å². The number of carbonyl (C=O) groups is 2. The van der Waals surface area contributed by atoms with Gasteiger partial charge in [-0.15, -0.1) is 0 Å². The van der Waals surface area contributed by atoms with Gasteiger partial charge in [-0.25, -0.2) is 0 Å². The fourth-order valence-corrected chi connectivity index (χ4v) is 3.56. The first-order chi connectivity index (χ1) is 12.0. The highest BCUT2D eigenvalue weighted by Gasteiger charge is 2.22. The molecule has 1 amide bonds. The lowest BCUT2D eigenvalue weighted by atomic mass is 9.96. The normalized spacial score (nSPS) is 16.8. The second kappa shape index (κ2) is 7.55. The Balaban J connectivity index is 1.65. The summed E-state index contributed by atoms with van der Waals surface area (Å²) in [7, 11) is 0. The van der Waals surface area contributed by atoms with Crippen molar-refractivity contribution in [2.45, 2.75) is 39.0 Å². The van der Waals surface area contributed by atoms with E-state index in [-0.39, 0.29) is 18.1 Å². The Morgan fingerprint density at radius 1 is 1.28 bits per heavy atom. The van der Waals surface area contributed by atoms with E-state index in [1.807, 2.05) is 0 Å². The van der Waals surface area contributed by atoms with Gasteiger partial charge in [0.25, 0.3) is 5.91 Å². The summed E-state index contributed by atoms with van der Waals surface area (Å²) in [6, 6.07) is 8.49. The maximum Gasteiger partial charge on any atom is 0.311 e. The van der Waals surface area contributed by atoms with Gasteiger partial charge in [-0.1, -0.05) is 24.3 Å². The number of hydrogen-bond acceptors (Lipinski definition) is 3. The van der Waals surface area contributed by atoms with E-state index >= 15 is 0 Å². The molecule has 132 valence electrons. The summed E-state index contributed by atoms with van der Waals surface area (Å²) in [6.45, 7) is 2.34. The first-order valence-corrected chi connectivity index (χ1v) is 8.68. The number of fused-ring (bicyclic) bond motifs is 1. The molecule has 0 aliphatic heterocycles. The van der Waals surface area contributed by atoms with Crippen LogP contribution in [0, 0.1) is 12.8 Å². The summed E-state index contributed by atoms with van der Waals surface area (Å²) in [4.78, 5) is 23.5. The highest BCUT2D eigenvalue weighted by Crippen LogP contribution is 2.24. The molecule has 1 aromatic carbocycles. The van der Waals surface area contributed by atoms with Gasteiger partial charge in [-0.3, -0.25) is 9.59 Å². The van der Waals surface area contributed by atoms with Crippen molar-refractivity contribution < 1.29 is 19.1 Å². The summed E-state index contributed by atoms with van der Waals surface area (Å²) < 4.78 is 5.24. The van der Waals surface area contributed by atoms with Crippen LogP contribution in [0.3, 0.4) is 0 Å². The number of carboxylic acids is 1. The van der Waals surface area contributed by atoms with Crippen LogP contribution < -0.4 is 5.32 Å². The van der Waals surface area contributed by atoms with E-state index in [9.17, 15) is 9.59 Å². The number of nitrogens with one attached hydrogen (secondary N) is 1. The van der Waals surface area contributed by atoms with Crippen molar-refractivity contribution in [3.63, 3.8) is 0 Å². The first-order valence-electron chi connectivity index (χ1n) is 8.68. The third kappa shape index (κ3) is 4.10. The quantitative estimate of drug-likeness (QED) is 0.819. The van der Waals surface area contributed by atoms with Crippen molar-refractivity contribution in [2.24, 2.45) is 5.92 Å². The second-order valence-electron chi connectivity index (χ2n) is 6.73.